The van der Waals surface area contributed by atoms with Crippen molar-refractivity contribution in [3.63, 3.8) is 0 Å². The van der Waals surface area contributed by atoms with Crippen LogP contribution in [-0.4, -0.2) is 31.1 Å². The summed E-state index contributed by atoms with van der Waals surface area (Å²) in [5, 5.41) is 8.99. The van der Waals surface area contributed by atoms with Gasteiger partial charge < -0.3 is 14.6 Å². The molecule has 0 bridgehead atoms. The fourth-order valence-corrected chi connectivity index (χ4v) is 1.40. The summed E-state index contributed by atoms with van der Waals surface area (Å²) < 4.78 is 9.90. The van der Waals surface area contributed by atoms with Crippen molar-refractivity contribution >= 4 is 11.8 Å². The van der Waals surface area contributed by atoms with E-state index in [9.17, 15) is 9.59 Å². The number of methoxy groups -OCH3 is 2. The fourth-order valence-electron chi connectivity index (χ4n) is 1.40. The van der Waals surface area contributed by atoms with Gasteiger partial charge in [-0.3, -0.25) is 4.79 Å². The second-order valence-corrected chi connectivity index (χ2v) is 3.11. The van der Waals surface area contributed by atoms with Gasteiger partial charge in [-0.2, -0.15) is 0 Å². The van der Waals surface area contributed by atoms with Gasteiger partial charge in [0.05, 0.1) is 25.3 Å². The van der Waals surface area contributed by atoms with Crippen molar-refractivity contribution < 1.29 is 24.2 Å². The van der Waals surface area contributed by atoms with Gasteiger partial charge in [-0.25, -0.2) is 4.79 Å². The molecule has 0 heterocycles. The predicted octanol–water partition coefficient (Wildman–Crippen LogP) is 1.60. The van der Waals surface area contributed by atoms with Crippen LogP contribution in [0.25, 0.3) is 0 Å². The number of benzene rings is 1. The summed E-state index contributed by atoms with van der Waals surface area (Å²) in [5.41, 5.74) is -0.0699. The molecule has 0 saturated heterocycles. The Bertz CT molecular complexity index is 436. The van der Waals surface area contributed by atoms with Crippen molar-refractivity contribution in [1.29, 1.82) is 0 Å². The maximum atomic E-state index is 11.4. The molecule has 0 radical (unpaired) electrons. The van der Waals surface area contributed by atoms with Crippen LogP contribution < -0.4 is 9.47 Å². The van der Waals surface area contributed by atoms with Crippen LogP contribution >= 0.6 is 0 Å². The monoisotopic (exact) mass is 224 g/mol. The van der Waals surface area contributed by atoms with Crippen LogP contribution in [0.4, 0.5) is 0 Å². The van der Waals surface area contributed by atoms with Crippen LogP contribution in [0.1, 0.15) is 27.6 Å². The van der Waals surface area contributed by atoms with Gasteiger partial charge in [0.15, 0.2) is 5.78 Å². The third-order valence-corrected chi connectivity index (χ3v) is 2.11. The number of carbonyl (C=O) groups is 2. The van der Waals surface area contributed by atoms with E-state index < -0.39 is 5.97 Å². The van der Waals surface area contributed by atoms with Gasteiger partial charge >= 0.3 is 5.97 Å². The number of carboxylic acid groups (broad SMARTS) is 1. The molecule has 5 heteroatoms. The second-order valence-electron chi connectivity index (χ2n) is 3.11. The van der Waals surface area contributed by atoms with Crippen molar-refractivity contribution in [3.8, 4) is 11.5 Å². The van der Waals surface area contributed by atoms with E-state index in [0.717, 1.165) is 0 Å². The summed E-state index contributed by atoms with van der Waals surface area (Å²) in [6, 6.07) is 2.77. The number of hydrogen-bond acceptors (Lipinski definition) is 4. The molecular weight excluding hydrogens is 212 g/mol. The molecule has 0 atom stereocenters. The van der Waals surface area contributed by atoms with Crippen LogP contribution in [0.15, 0.2) is 12.1 Å². The van der Waals surface area contributed by atoms with E-state index in [4.69, 9.17) is 14.6 Å². The smallest absolute Gasteiger partial charge is 0.336 e. The molecule has 1 N–H and O–H groups in total. The standard InChI is InChI=1S/C11H12O5/c1-6(12)10-8(11(13)14)4-7(15-2)5-9(10)16-3/h4-5H,1-3H3,(H,13,14). The normalized spacial score (nSPS) is 9.69. The average molecular weight is 224 g/mol. The van der Waals surface area contributed by atoms with E-state index in [1.165, 1.54) is 33.3 Å². The van der Waals surface area contributed by atoms with Gasteiger partial charge in [-0.05, 0) is 13.0 Å². The summed E-state index contributed by atoms with van der Waals surface area (Å²) in [5.74, 6) is -1.03. The predicted molar refractivity (Wildman–Crippen MR) is 56.5 cm³/mol. The minimum absolute atomic E-state index is 0.0517. The lowest BCUT2D eigenvalue weighted by atomic mass is 10.0. The number of aromatic carboxylic acids is 1. The molecule has 1 rings (SSSR count). The maximum Gasteiger partial charge on any atom is 0.336 e. The number of carboxylic acids is 1. The highest BCUT2D eigenvalue weighted by Crippen LogP contribution is 2.29. The van der Waals surface area contributed by atoms with Crippen molar-refractivity contribution in [2.45, 2.75) is 6.92 Å². The first-order valence-electron chi connectivity index (χ1n) is 4.51. The third-order valence-electron chi connectivity index (χ3n) is 2.11. The highest BCUT2D eigenvalue weighted by molar-refractivity contribution is 6.07. The first kappa shape index (κ1) is 12.0. The zero-order valence-corrected chi connectivity index (χ0v) is 9.23. The molecule has 0 amide bonds. The average Bonchev–Trinajstić information content (AvgIpc) is 2.26. The molecule has 0 unspecified atom stereocenters. The van der Waals surface area contributed by atoms with E-state index in [-0.39, 0.29) is 22.7 Å². The first-order chi connectivity index (χ1) is 7.51. The molecular formula is C11H12O5. The van der Waals surface area contributed by atoms with E-state index >= 15 is 0 Å². The Hall–Kier alpha value is -2.04. The van der Waals surface area contributed by atoms with E-state index in [1.54, 1.807) is 0 Å². The number of ether oxygens (including phenoxy) is 2. The second kappa shape index (κ2) is 4.65. The molecule has 0 fully saturated rings. The quantitative estimate of drug-likeness (QED) is 0.786. The van der Waals surface area contributed by atoms with Gasteiger partial charge in [0.1, 0.15) is 11.5 Å². The molecule has 1 aromatic rings. The Morgan fingerprint density at radius 2 is 1.81 bits per heavy atom. The van der Waals surface area contributed by atoms with Crippen LogP contribution in [0.2, 0.25) is 0 Å². The van der Waals surface area contributed by atoms with Crippen LogP contribution in [-0.2, 0) is 0 Å². The van der Waals surface area contributed by atoms with Crippen molar-refractivity contribution in [2.24, 2.45) is 0 Å². The highest BCUT2D eigenvalue weighted by atomic mass is 16.5. The lowest BCUT2D eigenvalue weighted by Gasteiger charge is -2.11. The lowest BCUT2D eigenvalue weighted by molar-refractivity contribution is 0.0691. The van der Waals surface area contributed by atoms with Crippen molar-refractivity contribution in [1.82, 2.24) is 0 Å². The van der Waals surface area contributed by atoms with Gasteiger partial charge in [0.2, 0.25) is 0 Å². The number of Topliss-reactive ketones (excluding diaryl/α,β-unsaturated/α-hetero) is 1. The molecule has 86 valence electrons. The van der Waals surface area contributed by atoms with Crippen LogP contribution in [0, 0.1) is 0 Å². The SMILES string of the molecule is COc1cc(OC)c(C(C)=O)c(C(=O)O)c1. The van der Waals surface area contributed by atoms with Gasteiger partial charge in [-0.15, -0.1) is 0 Å². The van der Waals surface area contributed by atoms with E-state index in [2.05, 4.69) is 0 Å². The Labute approximate surface area is 92.6 Å². The first-order valence-corrected chi connectivity index (χ1v) is 4.51. The van der Waals surface area contributed by atoms with E-state index in [0.29, 0.717) is 5.75 Å². The fraction of sp³-hybridized carbons (Fsp3) is 0.273. The van der Waals surface area contributed by atoms with Gasteiger partial charge in [-0.1, -0.05) is 0 Å². The summed E-state index contributed by atoms with van der Waals surface area (Å²) in [4.78, 5) is 22.4. The van der Waals surface area contributed by atoms with Gasteiger partial charge in [0, 0.05) is 6.07 Å². The third kappa shape index (κ3) is 2.13. The zero-order valence-electron chi connectivity index (χ0n) is 9.23. The largest absolute Gasteiger partial charge is 0.497 e. The van der Waals surface area contributed by atoms with Crippen molar-refractivity contribution in [2.75, 3.05) is 14.2 Å². The molecule has 16 heavy (non-hydrogen) atoms. The van der Waals surface area contributed by atoms with Crippen LogP contribution in [0.3, 0.4) is 0 Å². The molecule has 0 spiro atoms. The Balaban J connectivity index is 3.53. The summed E-state index contributed by atoms with van der Waals surface area (Å²) in [6.45, 7) is 1.29. The molecule has 1 aromatic carbocycles. The van der Waals surface area contributed by atoms with Crippen LogP contribution in [0.5, 0.6) is 11.5 Å². The number of ketones is 1. The molecule has 0 saturated carbocycles. The zero-order chi connectivity index (χ0) is 12.3. The minimum atomic E-state index is -1.19. The minimum Gasteiger partial charge on any atom is -0.497 e. The maximum absolute atomic E-state index is 11.4. The molecule has 0 aromatic heterocycles. The Morgan fingerprint density at radius 3 is 2.19 bits per heavy atom. The Morgan fingerprint density at radius 1 is 1.19 bits per heavy atom. The molecule has 0 aliphatic heterocycles. The summed E-state index contributed by atoms with van der Waals surface area (Å²) in [6.07, 6.45) is 0. The summed E-state index contributed by atoms with van der Waals surface area (Å²) >= 11 is 0. The number of hydrogen-bond donors (Lipinski definition) is 1. The molecule has 0 aliphatic carbocycles. The Kier molecular flexibility index (Phi) is 3.50. The number of rotatable bonds is 4. The lowest BCUT2D eigenvalue weighted by Crippen LogP contribution is -2.09. The highest BCUT2D eigenvalue weighted by Gasteiger charge is 2.20. The summed E-state index contributed by atoms with van der Waals surface area (Å²) in [7, 11) is 2.78. The molecule has 0 aliphatic rings. The number of carbonyl (C=O) groups excluding carboxylic acids is 1. The van der Waals surface area contributed by atoms with E-state index in [1.807, 2.05) is 0 Å². The van der Waals surface area contributed by atoms with Crippen molar-refractivity contribution in [3.05, 3.63) is 23.3 Å². The molecule has 5 nitrogen and oxygen atoms in total. The van der Waals surface area contributed by atoms with Gasteiger partial charge in [0.25, 0.3) is 0 Å². The topological polar surface area (TPSA) is 72.8 Å².